The number of carbonyl (C=O) groups excluding carboxylic acids is 1. The van der Waals surface area contributed by atoms with Gasteiger partial charge in [0.2, 0.25) is 5.91 Å². The van der Waals surface area contributed by atoms with Crippen molar-refractivity contribution in [3.05, 3.63) is 76.4 Å². The number of ether oxygens (including phenoxy) is 2. The Morgan fingerprint density at radius 2 is 2.07 bits per heavy atom. The maximum atomic E-state index is 12.8. The lowest BCUT2D eigenvalue weighted by molar-refractivity contribution is -0.127. The predicted molar refractivity (Wildman–Crippen MR) is 111 cm³/mol. The van der Waals surface area contributed by atoms with Crippen LogP contribution in [0.4, 0.5) is 8.78 Å². The van der Waals surface area contributed by atoms with Crippen molar-refractivity contribution in [2.45, 2.75) is 26.6 Å². The van der Waals surface area contributed by atoms with Gasteiger partial charge in [0, 0.05) is 11.0 Å². The fourth-order valence-electron chi connectivity index (χ4n) is 2.76. The van der Waals surface area contributed by atoms with Gasteiger partial charge in [0.05, 0.1) is 26.0 Å². The smallest absolute Gasteiger partial charge is 0.387 e. The number of benzene rings is 1. The second-order valence-corrected chi connectivity index (χ2v) is 7.24. The maximum absolute atomic E-state index is 12.8. The van der Waals surface area contributed by atoms with Crippen LogP contribution in [0.3, 0.4) is 0 Å². The molecule has 0 saturated heterocycles. The molecule has 0 aliphatic rings. The molecule has 8 heteroatoms. The average molecular weight is 433 g/mol. The largest absolute Gasteiger partial charge is 0.490 e. The Hall–Kier alpha value is -3.13. The molecular formula is C22H21F2NO4S. The first kappa shape index (κ1) is 21.6. The molecule has 0 unspecified atom stereocenters. The minimum atomic E-state index is -2.94. The second-order valence-electron chi connectivity index (χ2n) is 6.20. The van der Waals surface area contributed by atoms with E-state index in [2.05, 4.69) is 4.74 Å². The summed E-state index contributed by atoms with van der Waals surface area (Å²) in [5.74, 6) is 0.622. The summed E-state index contributed by atoms with van der Waals surface area (Å²) < 4.78 is 40.3. The summed E-state index contributed by atoms with van der Waals surface area (Å²) in [6.45, 7) is -0.120. The Morgan fingerprint density at radius 1 is 1.20 bits per heavy atom. The molecule has 0 bridgehead atoms. The summed E-state index contributed by atoms with van der Waals surface area (Å²) in [4.78, 5) is 15.6. The molecule has 0 N–H and O–H groups in total. The summed E-state index contributed by atoms with van der Waals surface area (Å²) in [6.07, 6.45) is 4.62. The van der Waals surface area contributed by atoms with Crippen molar-refractivity contribution in [3.63, 3.8) is 0 Å². The molecule has 0 aliphatic heterocycles. The molecule has 0 atom stereocenters. The second kappa shape index (κ2) is 10.6. The number of amides is 1. The molecule has 0 fully saturated rings. The third-order valence-corrected chi connectivity index (χ3v) is 4.93. The van der Waals surface area contributed by atoms with E-state index in [1.807, 2.05) is 23.6 Å². The lowest BCUT2D eigenvalue weighted by Gasteiger charge is -2.19. The van der Waals surface area contributed by atoms with Crippen molar-refractivity contribution in [2.24, 2.45) is 0 Å². The first-order valence-corrected chi connectivity index (χ1v) is 10.2. The van der Waals surface area contributed by atoms with Crippen LogP contribution in [0.1, 0.15) is 23.1 Å². The van der Waals surface area contributed by atoms with Crippen molar-refractivity contribution >= 4 is 23.3 Å². The number of hydrogen-bond donors (Lipinski definition) is 0. The van der Waals surface area contributed by atoms with Gasteiger partial charge in [-0.3, -0.25) is 4.79 Å². The standard InChI is InChI=1S/C22H21F2NO4S/c1-2-27-20-13-16(7-9-19(20)29-22(23)24)8-10-21(26)25(14-17-5-3-11-28-17)15-18-6-4-12-30-18/h3-13,22H,2,14-15H2,1H3. The van der Waals surface area contributed by atoms with Crippen LogP contribution in [0, 0.1) is 0 Å². The molecule has 2 aromatic heterocycles. The van der Waals surface area contributed by atoms with Crippen molar-refractivity contribution in [1.29, 1.82) is 0 Å². The number of rotatable bonds is 10. The lowest BCUT2D eigenvalue weighted by Crippen LogP contribution is -2.27. The van der Waals surface area contributed by atoms with Gasteiger partial charge in [-0.15, -0.1) is 11.3 Å². The van der Waals surface area contributed by atoms with Crippen molar-refractivity contribution < 1.29 is 27.5 Å². The zero-order valence-electron chi connectivity index (χ0n) is 16.3. The van der Waals surface area contributed by atoms with Crippen LogP contribution in [-0.2, 0) is 17.9 Å². The average Bonchev–Trinajstić information content (AvgIpc) is 3.41. The minimum Gasteiger partial charge on any atom is -0.490 e. The first-order valence-electron chi connectivity index (χ1n) is 9.28. The highest BCUT2D eigenvalue weighted by Gasteiger charge is 2.15. The Balaban J connectivity index is 1.75. The molecule has 5 nitrogen and oxygen atoms in total. The molecule has 30 heavy (non-hydrogen) atoms. The van der Waals surface area contributed by atoms with Gasteiger partial charge in [-0.05, 0) is 54.3 Å². The van der Waals surface area contributed by atoms with Gasteiger partial charge in [-0.1, -0.05) is 12.1 Å². The number of carbonyl (C=O) groups is 1. The Bertz CT molecular complexity index is 919. The van der Waals surface area contributed by atoms with Gasteiger partial charge >= 0.3 is 6.61 Å². The van der Waals surface area contributed by atoms with Crippen LogP contribution in [0.2, 0.25) is 0 Å². The van der Waals surface area contributed by atoms with Crippen LogP contribution in [0.25, 0.3) is 6.08 Å². The molecule has 1 aromatic carbocycles. The summed E-state index contributed by atoms with van der Waals surface area (Å²) in [5, 5.41) is 1.96. The van der Waals surface area contributed by atoms with E-state index in [-0.39, 0.29) is 17.4 Å². The van der Waals surface area contributed by atoms with Crippen LogP contribution in [0.5, 0.6) is 11.5 Å². The SMILES string of the molecule is CCOc1cc(C=CC(=O)N(Cc2ccco2)Cc2cccs2)ccc1OC(F)F. The van der Waals surface area contributed by atoms with E-state index in [1.165, 1.54) is 12.1 Å². The summed E-state index contributed by atoms with van der Waals surface area (Å²) in [6, 6.07) is 12.0. The molecule has 0 spiro atoms. The molecule has 3 aromatic rings. The van der Waals surface area contributed by atoms with Gasteiger partial charge in [0.1, 0.15) is 5.76 Å². The highest BCUT2D eigenvalue weighted by atomic mass is 32.1. The lowest BCUT2D eigenvalue weighted by atomic mass is 10.2. The molecule has 0 saturated carbocycles. The number of hydrogen-bond acceptors (Lipinski definition) is 5. The summed E-state index contributed by atoms with van der Waals surface area (Å²) in [7, 11) is 0. The monoisotopic (exact) mass is 433 g/mol. The topological polar surface area (TPSA) is 51.9 Å². The summed E-state index contributed by atoms with van der Waals surface area (Å²) in [5.41, 5.74) is 0.627. The highest BCUT2D eigenvalue weighted by molar-refractivity contribution is 7.09. The van der Waals surface area contributed by atoms with Crippen LogP contribution < -0.4 is 9.47 Å². The molecule has 0 radical (unpaired) electrons. The molecule has 158 valence electrons. The quantitative estimate of drug-likeness (QED) is 0.392. The minimum absolute atomic E-state index is 0.0486. The van der Waals surface area contributed by atoms with Gasteiger partial charge in [0.15, 0.2) is 11.5 Å². The Kier molecular flexibility index (Phi) is 7.62. The zero-order valence-corrected chi connectivity index (χ0v) is 17.1. The highest BCUT2D eigenvalue weighted by Crippen LogP contribution is 2.30. The van der Waals surface area contributed by atoms with E-state index in [0.29, 0.717) is 31.0 Å². The Labute approximate surface area is 177 Å². The van der Waals surface area contributed by atoms with Crippen LogP contribution in [0.15, 0.2) is 64.6 Å². The van der Waals surface area contributed by atoms with Crippen molar-refractivity contribution in [2.75, 3.05) is 6.61 Å². The fraction of sp³-hybridized carbons (Fsp3) is 0.227. The number of thiophene rings is 1. The predicted octanol–water partition coefficient (Wildman–Crippen LogP) is 5.58. The fourth-order valence-corrected chi connectivity index (χ4v) is 3.48. The number of furan rings is 1. The van der Waals surface area contributed by atoms with Crippen LogP contribution >= 0.6 is 11.3 Å². The number of nitrogens with zero attached hydrogens (tertiary/aromatic N) is 1. The number of halogens is 2. The van der Waals surface area contributed by atoms with E-state index in [9.17, 15) is 13.6 Å². The van der Waals surface area contributed by atoms with Gasteiger partial charge in [0.25, 0.3) is 0 Å². The molecule has 1 amide bonds. The molecule has 2 heterocycles. The molecule has 3 rings (SSSR count). The van der Waals surface area contributed by atoms with E-state index >= 15 is 0 Å². The van der Waals surface area contributed by atoms with Crippen molar-refractivity contribution in [1.82, 2.24) is 4.90 Å². The first-order chi connectivity index (χ1) is 14.5. The van der Waals surface area contributed by atoms with Gasteiger partial charge in [-0.25, -0.2) is 0 Å². The Morgan fingerprint density at radius 3 is 2.73 bits per heavy atom. The van der Waals surface area contributed by atoms with E-state index < -0.39 is 6.61 Å². The molecular weight excluding hydrogens is 412 g/mol. The molecule has 0 aliphatic carbocycles. The van der Waals surface area contributed by atoms with E-state index in [0.717, 1.165) is 4.88 Å². The maximum Gasteiger partial charge on any atom is 0.387 e. The van der Waals surface area contributed by atoms with Crippen molar-refractivity contribution in [3.8, 4) is 11.5 Å². The van der Waals surface area contributed by atoms with E-state index in [1.54, 1.807) is 53.7 Å². The summed E-state index contributed by atoms with van der Waals surface area (Å²) >= 11 is 1.57. The van der Waals surface area contributed by atoms with Crippen LogP contribution in [-0.4, -0.2) is 24.0 Å². The third-order valence-electron chi connectivity index (χ3n) is 4.07. The zero-order chi connectivity index (χ0) is 21.3. The number of alkyl halides is 2. The third kappa shape index (κ3) is 6.18. The van der Waals surface area contributed by atoms with Gasteiger partial charge in [-0.2, -0.15) is 8.78 Å². The van der Waals surface area contributed by atoms with Gasteiger partial charge < -0.3 is 18.8 Å². The normalized spacial score (nSPS) is 11.2. The van der Waals surface area contributed by atoms with E-state index in [4.69, 9.17) is 9.15 Å².